The Hall–Kier alpha value is -3.20. The molecule has 47 heavy (non-hydrogen) atoms. The average Bonchev–Trinajstić information content (AvgIpc) is 3.49. The molecule has 4 atom stereocenters. The number of aromatic nitrogens is 2. The molecule has 4 rings (SSSR count). The number of fused-ring (bicyclic) bond motifs is 1. The first kappa shape index (κ1) is 36.6. The molecule has 3 amide bonds. The van der Waals surface area contributed by atoms with Crippen LogP contribution >= 0.6 is 0 Å². The maximum atomic E-state index is 14.3. The van der Waals surface area contributed by atoms with Gasteiger partial charge in [0, 0.05) is 57.6 Å². The second-order valence-corrected chi connectivity index (χ2v) is 15.1. The minimum Gasteiger partial charge on any atom is -0.490 e. The zero-order valence-electron chi connectivity index (χ0n) is 28.4. The standard InChI is InChI=1S/C33H52N6O7S/c1-23-18-39(24(2)21-40)32(41)28-17-27(36-33(42)35-26-12-7-6-8-13-26)14-15-29(28)46-25(3)11-9-10-16-45-30(23)19-38(5)47(43,44)31-20-37(4)22-34-31/h14-15,17,20,22-26,30,40H,6-13,16,18-19,21H2,1-5H3,(H2,35,36,42)/t23-,24+,25-,30+/m0/s1. The molecule has 1 aromatic carbocycles. The number of ether oxygens (including phenoxy) is 2. The number of urea groups is 1. The third-order valence-electron chi connectivity index (χ3n) is 9.04. The Kier molecular flexibility index (Phi) is 13.1. The number of imidazole rings is 1. The van der Waals surface area contributed by atoms with Crippen LogP contribution in [0.3, 0.4) is 0 Å². The molecule has 0 unspecified atom stereocenters. The number of amides is 3. The quantitative estimate of drug-likeness (QED) is 0.379. The van der Waals surface area contributed by atoms with Gasteiger partial charge in [-0.3, -0.25) is 4.79 Å². The summed E-state index contributed by atoms with van der Waals surface area (Å²) in [7, 11) is -0.669. The van der Waals surface area contributed by atoms with Crippen LogP contribution in [0.4, 0.5) is 10.5 Å². The Morgan fingerprint density at radius 2 is 1.87 bits per heavy atom. The van der Waals surface area contributed by atoms with Crippen LogP contribution < -0.4 is 15.4 Å². The van der Waals surface area contributed by atoms with E-state index in [0.717, 1.165) is 38.5 Å². The van der Waals surface area contributed by atoms with E-state index in [-0.39, 0.29) is 60.3 Å². The van der Waals surface area contributed by atoms with Gasteiger partial charge in [-0.05, 0) is 64.2 Å². The molecule has 0 saturated heterocycles. The highest BCUT2D eigenvalue weighted by Gasteiger charge is 2.33. The first-order chi connectivity index (χ1) is 22.4. The molecule has 2 aromatic rings. The first-order valence-electron chi connectivity index (χ1n) is 16.7. The fraction of sp³-hybridized carbons (Fsp3) is 0.667. The van der Waals surface area contributed by atoms with Crippen LogP contribution in [0.2, 0.25) is 0 Å². The van der Waals surface area contributed by atoms with E-state index in [4.69, 9.17) is 9.47 Å². The van der Waals surface area contributed by atoms with Crippen molar-refractivity contribution in [2.75, 3.05) is 38.7 Å². The van der Waals surface area contributed by atoms with Crippen LogP contribution in [0.15, 0.2) is 35.7 Å². The van der Waals surface area contributed by atoms with Crippen LogP contribution in [0.1, 0.15) is 82.5 Å². The molecule has 1 aromatic heterocycles. The summed E-state index contributed by atoms with van der Waals surface area (Å²) in [5, 5.41) is 16.1. The lowest BCUT2D eigenvalue weighted by Crippen LogP contribution is -2.48. The smallest absolute Gasteiger partial charge is 0.319 e. The van der Waals surface area contributed by atoms with Crippen molar-refractivity contribution in [3.63, 3.8) is 0 Å². The predicted molar refractivity (Wildman–Crippen MR) is 179 cm³/mol. The molecule has 0 bridgehead atoms. The third kappa shape index (κ3) is 9.91. The molecule has 0 radical (unpaired) electrons. The van der Waals surface area contributed by atoms with Gasteiger partial charge in [-0.1, -0.05) is 26.2 Å². The largest absolute Gasteiger partial charge is 0.490 e. The summed E-state index contributed by atoms with van der Waals surface area (Å²) in [5.74, 6) is -0.292. The minimum atomic E-state index is -3.87. The Bertz CT molecular complexity index is 1440. The van der Waals surface area contributed by atoms with Gasteiger partial charge in [-0.15, -0.1) is 0 Å². The predicted octanol–water partition coefficient (Wildman–Crippen LogP) is 3.99. The van der Waals surface area contributed by atoms with E-state index in [1.54, 1.807) is 41.6 Å². The minimum absolute atomic E-state index is 0.0515. The highest BCUT2D eigenvalue weighted by molar-refractivity contribution is 7.89. The summed E-state index contributed by atoms with van der Waals surface area (Å²) in [6.07, 6.45) is 9.67. The maximum Gasteiger partial charge on any atom is 0.319 e. The Morgan fingerprint density at radius 1 is 1.15 bits per heavy atom. The zero-order chi connectivity index (χ0) is 34.1. The maximum absolute atomic E-state index is 14.3. The van der Waals surface area contributed by atoms with Gasteiger partial charge < -0.3 is 34.7 Å². The van der Waals surface area contributed by atoms with Gasteiger partial charge in [-0.2, -0.15) is 4.31 Å². The summed E-state index contributed by atoms with van der Waals surface area (Å²) in [6.45, 7) is 5.97. The Labute approximate surface area is 279 Å². The van der Waals surface area contributed by atoms with Crippen LogP contribution in [0, 0.1) is 5.92 Å². The second kappa shape index (κ2) is 16.8. The zero-order valence-corrected chi connectivity index (χ0v) is 29.2. The van der Waals surface area contributed by atoms with Crippen LogP contribution in [-0.4, -0.2) is 102 Å². The van der Waals surface area contributed by atoms with Crippen molar-refractivity contribution in [3.05, 3.63) is 36.3 Å². The number of anilines is 1. The molecule has 2 aliphatic rings. The van der Waals surface area contributed by atoms with E-state index in [0.29, 0.717) is 24.5 Å². The van der Waals surface area contributed by atoms with Crippen molar-refractivity contribution in [3.8, 4) is 5.75 Å². The molecule has 13 nitrogen and oxygen atoms in total. The number of hydrogen-bond donors (Lipinski definition) is 3. The number of sulfonamides is 1. The summed E-state index contributed by atoms with van der Waals surface area (Å²) >= 11 is 0. The number of aliphatic hydroxyl groups excluding tert-OH is 1. The topological polar surface area (TPSA) is 155 Å². The number of nitrogens with one attached hydrogen (secondary N) is 2. The van der Waals surface area contributed by atoms with Gasteiger partial charge in [0.1, 0.15) is 5.75 Å². The van der Waals surface area contributed by atoms with E-state index in [1.165, 1.54) is 30.3 Å². The van der Waals surface area contributed by atoms with E-state index >= 15 is 0 Å². The van der Waals surface area contributed by atoms with Gasteiger partial charge in [0.25, 0.3) is 15.9 Å². The number of aryl methyl sites for hydroxylation is 1. The molecular weight excluding hydrogens is 624 g/mol. The summed E-state index contributed by atoms with van der Waals surface area (Å²) in [5.41, 5.74) is 0.721. The molecule has 3 N–H and O–H groups in total. The van der Waals surface area contributed by atoms with Crippen molar-refractivity contribution in [2.24, 2.45) is 13.0 Å². The molecule has 0 spiro atoms. The number of likely N-dealkylation sites (N-methyl/N-ethyl adjacent to an activating group) is 1. The van der Waals surface area contributed by atoms with Gasteiger partial charge in [-0.25, -0.2) is 18.2 Å². The lowest BCUT2D eigenvalue weighted by Gasteiger charge is -2.35. The summed E-state index contributed by atoms with van der Waals surface area (Å²) in [6, 6.07) is 4.30. The highest BCUT2D eigenvalue weighted by Crippen LogP contribution is 2.29. The fourth-order valence-corrected chi connectivity index (χ4v) is 7.24. The van der Waals surface area contributed by atoms with E-state index < -0.39 is 22.2 Å². The summed E-state index contributed by atoms with van der Waals surface area (Å²) in [4.78, 5) is 32.8. The van der Waals surface area contributed by atoms with E-state index in [2.05, 4.69) is 15.6 Å². The Balaban J connectivity index is 1.60. The van der Waals surface area contributed by atoms with Crippen LogP contribution in [-0.2, 0) is 21.8 Å². The normalized spacial score (nSPS) is 23.0. The van der Waals surface area contributed by atoms with Crippen molar-refractivity contribution >= 4 is 27.6 Å². The monoisotopic (exact) mass is 676 g/mol. The summed E-state index contributed by atoms with van der Waals surface area (Å²) < 4.78 is 42.0. The van der Waals surface area contributed by atoms with E-state index in [9.17, 15) is 23.1 Å². The van der Waals surface area contributed by atoms with E-state index in [1.807, 2.05) is 13.8 Å². The lowest BCUT2D eigenvalue weighted by molar-refractivity contribution is -0.00835. The fourth-order valence-electron chi connectivity index (χ4n) is 6.10. The molecule has 1 saturated carbocycles. The van der Waals surface area contributed by atoms with Crippen molar-refractivity contribution < 1.29 is 32.6 Å². The van der Waals surface area contributed by atoms with Crippen molar-refractivity contribution in [1.29, 1.82) is 0 Å². The molecule has 1 aliphatic heterocycles. The average molecular weight is 677 g/mol. The lowest BCUT2D eigenvalue weighted by atomic mass is 9.96. The molecule has 1 fully saturated rings. The SMILES string of the molecule is C[C@H](CO)N1C[C@H](C)[C@@H](CN(C)S(=O)(=O)c2cn(C)cn2)OCCCC[C@H](C)Oc2ccc(NC(=O)NC3CCCCC3)cc2C1=O. The molecule has 262 valence electrons. The van der Waals surface area contributed by atoms with Gasteiger partial charge in [0.2, 0.25) is 0 Å². The number of benzene rings is 1. The molecule has 14 heteroatoms. The van der Waals surface area contributed by atoms with Crippen molar-refractivity contribution in [2.45, 2.75) is 101 Å². The Morgan fingerprint density at radius 3 is 2.55 bits per heavy atom. The second-order valence-electron chi connectivity index (χ2n) is 13.1. The molecule has 2 heterocycles. The van der Waals surface area contributed by atoms with Gasteiger partial charge >= 0.3 is 6.03 Å². The first-order valence-corrected chi connectivity index (χ1v) is 18.2. The number of aliphatic hydroxyl groups is 1. The molecule has 1 aliphatic carbocycles. The number of carbonyl (C=O) groups is 2. The number of rotatable bonds is 8. The van der Waals surface area contributed by atoms with Gasteiger partial charge in [0.15, 0.2) is 5.03 Å². The van der Waals surface area contributed by atoms with Crippen molar-refractivity contribution in [1.82, 2.24) is 24.1 Å². The number of nitrogens with zero attached hydrogens (tertiary/aromatic N) is 4. The number of carbonyl (C=O) groups excluding carboxylic acids is 2. The molecular formula is C33H52N6O7S. The highest BCUT2D eigenvalue weighted by atomic mass is 32.2. The number of hydrogen-bond acceptors (Lipinski definition) is 8. The van der Waals surface area contributed by atoms with Crippen LogP contribution in [0.25, 0.3) is 0 Å². The van der Waals surface area contributed by atoms with Gasteiger partial charge in [0.05, 0.1) is 36.7 Å². The van der Waals surface area contributed by atoms with Crippen LogP contribution in [0.5, 0.6) is 5.75 Å². The third-order valence-corrected chi connectivity index (χ3v) is 10.8.